The monoisotopic (exact) mass is 161 g/mol. The van der Waals surface area contributed by atoms with Crippen molar-refractivity contribution >= 4 is 10.9 Å². The maximum Gasteiger partial charge on any atom is 0.273 e. The van der Waals surface area contributed by atoms with Gasteiger partial charge in [-0.25, -0.2) is 5.10 Å². The van der Waals surface area contributed by atoms with Gasteiger partial charge >= 0.3 is 0 Å². The van der Waals surface area contributed by atoms with E-state index in [0.29, 0.717) is 10.9 Å². The third-order valence-corrected chi connectivity index (χ3v) is 1.77. The van der Waals surface area contributed by atoms with Crippen LogP contribution in [0, 0.1) is 6.92 Å². The molecule has 4 heteroatoms. The maximum absolute atomic E-state index is 11.2. The van der Waals surface area contributed by atoms with Gasteiger partial charge in [0, 0.05) is 6.20 Å². The second-order valence-electron chi connectivity index (χ2n) is 2.59. The molecular weight excluding hydrogens is 154 g/mol. The minimum absolute atomic E-state index is 0.182. The molecule has 0 amide bonds. The molecule has 0 atom stereocenters. The second kappa shape index (κ2) is 2.41. The Bertz CT molecular complexity index is 470. The summed E-state index contributed by atoms with van der Waals surface area (Å²) in [7, 11) is 0. The summed E-state index contributed by atoms with van der Waals surface area (Å²) in [5, 5.41) is 6.64. The van der Waals surface area contributed by atoms with Crippen LogP contribution in [0.1, 0.15) is 5.56 Å². The van der Waals surface area contributed by atoms with Crippen LogP contribution in [0.3, 0.4) is 0 Å². The molecule has 0 bridgehead atoms. The van der Waals surface area contributed by atoms with E-state index in [9.17, 15) is 4.79 Å². The van der Waals surface area contributed by atoms with Crippen LogP contribution >= 0.6 is 0 Å². The van der Waals surface area contributed by atoms with Gasteiger partial charge < -0.3 is 0 Å². The predicted molar refractivity (Wildman–Crippen MR) is 44.9 cm³/mol. The molecule has 4 nitrogen and oxygen atoms in total. The van der Waals surface area contributed by atoms with E-state index >= 15 is 0 Å². The molecule has 0 aliphatic rings. The highest BCUT2D eigenvalue weighted by atomic mass is 16.1. The highest BCUT2D eigenvalue weighted by Gasteiger charge is 2.00. The SMILES string of the molecule is Cc1ccnc2cn[nH]c(=O)c12. The van der Waals surface area contributed by atoms with Gasteiger partial charge in [-0.1, -0.05) is 0 Å². The minimum Gasteiger partial charge on any atom is -0.267 e. The normalized spacial score (nSPS) is 10.4. The highest BCUT2D eigenvalue weighted by Crippen LogP contribution is 2.07. The predicted octanol–water partition coefficient (Wildman–Crippen LogP) is 0.627. The van der Waals surface area contributed by atoms with Crippen LogP contribution in [0.5, 0.6) is 0 Å². The molecular formula is C8H7N3O. The topological polar surface area (TPSA) is 58.6 Å². The number of rotatable bonds is 0. The molecule has 0 radical (unpaired) electrons. The molecule has 2 aromatic heterocycles. The van der Waals surface area contributed by atoms with Crippen molar-refractivity contribution in [2.75, 3.05) is 0 Å². The molecule has 12 heavy (non-hydrogen) atoms. The average molecular weight is 161 g/mol. The zero-order valence-corrected chi connectivity index (χ0v) is 6.53. The molecule has 2 aromatic rings. The van der Waals surface area contributed by atoms with Gasteiger partial charge in [-0.05, 0) is 18.6 Å². The quantitative estimate of drug-likeness (QED) is 0.616. The number of hydrogen-bond donors (Lipinski definition) is 1. The minimum atomic E-state index is -0.182. The zero-order chi connectivity index (χ0) is 8.55. The molecule has 2 rings (SSSR count). The van der Waals surface area contributed by atoms with E-state index in [2.05, 4.69) is 15.2 Å². The Hall–Kier alpha value is -1.71. The number of hydrogen-bond acceptors (Lipinski definition) is 3. The van der Waals surface area contributed by atoms with Crippen LogP contribution in [0.2, 0.25) is 0 Å². The number of nitrogens with zero attached hydrogens (tertiary/aromatic N) is 2. The second-order valence-corrected chi connectivity index (χ2v) is 2.59. The number of aromatic amines is 1. The van der Waals surface area contributed by atoms with E-state index in [-0.39, 0.29) is 5.56 Å². The molecule has 0 unspecified atom stereocenters. The van der Waals surface area contributed by atoms with E-state index in [0.717, 1.165) is 5.56 Å². The lowest BCUT2D eigenvalue weighted by Crippen LogP contribution is -2.09. The highest BCUT2D eigenvalue weighted by molar-refractivity contribution is 5.79. The summed E-state index contributed by atoms with van der Waals surface area (Å²) in [4.78, 5) is 15.3. The third-order valence-electron chi connectivity index (χ3n) is 1.77. The zero-order valence-electron chi connectivity index (χ0n) is 6.53. The lowest BCUT2D eigenvalue weighted by molar-refractivity contribution is 1.00. The van der Waals surface area contributed by atoms with Crippen molar-refractivity contribution in [3.8, 4) is 0 Å². The molecule has 0 saturated carbocycles. The number of fused-ring (bicyclic) bond motifs is 1. The van der Waals surface area contributed by atoms with Crippen LogP contribution in [0.25, 0.3) is 10.9 Å². The van der Waals surface area contributed by atoms with Gasteiger partial charge in [0.1, 0.15) is 0 Å². The van der Waals surface area contributed by atoms with Gasteiger partial charge in [-0.15, -0.1) is 0 Å². The fourth-order valence-electron chi connectivity index (χ4n) is 1.18. The lowest BCUT2D eigenvalue weighted by Gasteiger charge is -1.96. The van der Waals surface area contributed by atoms with Gasteiger partial charge in [0.2, 0.25) is 0 Å². The molecule has 1 N–H and O–H groups in total. The summed E-state index contributed by atoms with van der Waals surface area (Å²) in [5.74, 6) is 0. The molecule has 2 heterocycles. The maximum atomic E-state index is 11.2. The van der Waals surface area contributed by atoms with E-state index in [1.807, 2.05) is 6.92 Å². The number of nitrogens with one attached hydrogen (secondary N) is 1. The van der Waals surface area contributed by atoms with Crippen molar-refractivity contribution in [3.05, 3.63) is 34.4 Å². The van der Waals surface area contributed by atoms with Gasteiger partial charge in [-0.3, -0.25) is 9.78 Å². The van der Waals surface area contributed by atoms with Crippen LogP contribution in [0.4, 0.5) is 0 Å². The smallest absolute Gasteiger partial charge is 0.267 e. The number of aryl methyl sites for hydroxylation is 1. The van der Waals surface area contributed by atoms with Gasteiger partial charge in [-0.2, -0.15) is 5.10 Å². The van der Waals surface area contributed by atoms with Crippen molar-refractivity contribution in [1.82, 2.24) is 15.2 Å². The Morgan fingerprint density at radius 3 is 3.08 bits per heavy atom. The number of H-pyrrole nitrogens is 1. The summed E-state index contributed by atoms with van der Waals surface area (Å²) in [6.45, 7) is 1.87. The van der Waals surface area contributed by atoms with Gasteiger partial charge in [0.25, 0.3) is 5.56 Å². The summed E-state index contributed by atoms with van der Waals surface area (Å²) >= 11 is 0. The first-order chi connectivity index (χ1) is 5.79. The Kier molecular flexibility index (Phi) is 1.40. The fraction of sp³-hybridized carbons (Fsp3) is 0.125. The van der Waals surface area contributed by atoms with Crippen LogP contribution in [0.15, 0.2) is 23.3 Å². The summed E-state index contributed by atoms with van der Waals surface area (Å²) < 4.78 is 0. The molecule has 0 aliphatic carbocycles. The van der Waals surface area contributed by atoms with Crippen molar-refractivity contribution in [2.45, 2.75) is 6.92 Å². The van der Waals surface area contributed by atoms with Crippen molar-refractivity contribution in [1.29, 1.82) is 0 Å². The summed E-state index contributed by atoms with van der Waals surface area (Å²) in [6, 6.07) is 1.80. The molecule has 0 aromatic carbocycles. The first-order valence-electron chi connectivity index (χ1n) is 3.58. The van der Waals surface area contributed by atoms with Crippen LogP contribution in [-0.4, -0.2) is 15.2 Å². The number of pyridine rings is 1. The molecule has 0 spiro atoms. The number of aromatic nitrogens is 3. The molecule has 0 saturated heterocycles. The summed E-state index contributed by atoms with van der Waals surface area (Å²) in [6.07, 6.45) is 3.21. The summed E-state index contributed by atoms with van der Waals surface area (Å²) in [5.41, 5.74) is 1.38. The molecule has 0 fully saturated rings. The molecule has 0 aliphatic heterocycles. The van der Waals surface area contributed by atoms with Crippen molar-refractivity contribution in [2.24, 2.45) is 0 Å². The van der Waals surface area contributed by atoms with E-state index in [1.54, 1.807) is 18.5 Å². The largest absolute Gasteiger partial charge is 0.273 e. The van der Waals surface area contributed by atoms with Gasteiger partial charge in [0.05, 0.1) is 17.1 Å². The Labute approximate surface area is 68.3 Å². The van der Waals surface area contributed by atoms with E-state index in [1.165, 1.54) is 0 Å². The Balaban J connectivity index is 3.07. The fourth-order valence-corrected chi connectivity index (χ4v) is 1.18. The Morgan fingerprint density at radius 1 is 1.50 bits per heavy atom. The van der Waals surface area contributed by atoms with E-state index < -0.39 is 0 Å². The van der Waals surface area contributed by atoms with Crippen LogP contribution in [-0.2, 0) is 0 Å². The Morgan fingerprint density at radius 2 is 2.33 bits per heavy atom. The first kappa shape index (κ1) is 6.97. The van der Waals surface area contributed by atoms with Gasteiger partial charge in [0.15, 0.2) is 0 Å². The van der Waals surface area contributed by atoms with Crippen molar-refractivity contribution < 1.29 is 0 Å². The standard InChI is InChI=1S/C8H7N3O/c1-5-2-3-9-6-4-10-11-8(12)7(5)6/h2-4H,1H3,(H,11,12). The average Bonchev–Trinajstić information content (AvgIpc) is 2.04. The van der Waals surface area contributed by atoms with Crippen LogP contribution < -0.4 is 5.56 Å². The molecule has 60 valence electrons. The third kappa shape index (κ3) is 0.887. The van der Waals surface area contributed by atoms with E-state index in [4.69, 9.17) is 0 Å². The lowest BCUT2D eigenvalue weighted by atomic mass is 10.2. The first-order valence-corrected chi connectivity index (χ1v) is 3.58. The van der Waals surface area contributed by atoms with Crippen molar-refractivity contribution in [3.63, 3.8) is 0 Å².